The van der Waals surface area contributed by atoms with Crippen LogP contribution in [-0.4, -0.2) is 66.1 Å². The molecule has 0 atom stereocenters. The Morgan fingerprint density at radius 3 is 0.936 bits per heavy atom. The predicted octanol–water partition coefficient (Wildman–Crippen LogP) is 5.09. The molecule has 15 heteroatoms. The summed E-state index contributed by atoms with van der Waals surface area (Å²) < 4.78 is 69.8. The standard InChI is InChI=1S/C32H26O10S5/c1-13-15-17(35-5-3-33-15)25(43-13)27-19-21(39-9-7-37-19)29(45-27)31-23-24(42-12-11-41-23)32(47-31)30-22-20(38-8-10-40-22)28(46-30)26-18-16(14(2)44-26)34-4-6-36-18/h3-12H2,1-2H3/q+2. The topological polar surface area (TPSA) is 96.4 Å². The van der Waals surface area contributed by atoms with E-state index in [-0.39, 0.29) is 0 Å². The number of fused-ring (bicyclic) bond motifs is 5. The van der Waals surface area contributed by atoms with Crippen LogP contribution in [0.3, 0.4) is 0 Å². The number of rotatable bonds is 0. The maximum Gasteiger partial charge on any atom is 0.404 e. The second kappa shape index (κ2) is 11.0. The lowest BCUT2D eigenvalue weighted by Gasteiger charge is -2.16. The third kappa shape index (κ3) is 4.29. The van der Waals surface area contributed by atoms with Gasteiger partial charge in [0.2, 0.25) is 11.5 Å². The lowest BCUT2D eigenvalue weighted by molar-refractivity contribution is 0.168. The molecular formula is C32H26O10S5+2. The van der Waals surface area contributed by atoms with Crippen molar-refractivity contribution >= 4 is 56.7 Å². The van der Waals surface area contributed by atoms with E-state index in [0.717, 1.165) is 79.9 Å². The molecule has 0 unspecified atom stereocenters. The van der Waals surface area contributed by atoms with Crippen molar-refractivity contribution in [3.05, 3.63) is 65.7 Å². The fourth-order valence-electron chi connectivity index (χ4n) is 6.24. The van der Waals surface area contributed by atoms with E-state index in [1.54, 1.807) is 56.7 Å². The van der Waals surface area contributed by atoms with Crippen molar-refractivity contribution in [3.63, 3.8) is 0 Å². The third-order valence-electron chi connectivity index (χ3n) is 8.15. The Morgan fingerprint density at radius 2 is 0.617 bits per heavy atom. The first kappa shape index (κ1) is 28.5. The molecule has 5 aromatic rings. The molecule has 0 bridgehead atoms. The van der Waals surface area contributed by atoms with Crippen LogP contribution in [-0.2, 0) is 0 Å². The molecule has 5 aliphatic heterocycles. The molecule has 47 heavy (non-hydrogen) atoms. The molecule has 5 aromatic heterocycles. The molecule has 0 fully saturated rings. The minimum absolute atomic E-state index is 0.447. The van der Waals surface area contributed by atoms with Gasteiger partial charge in [0.15, 0.2) is 56.8 Å². The molecule has 5 aliphatic rings. The van der Waals surface area contributed by atoms with Crippen LogP contribution < -0.4 is 48.8 Å². The predicted molar refractivity (Wildman–Crippen MR) is 179 cm³/mol. The molecular weight excluding hydrogens is 705 g/mol. The van der Waals surface area contributed by atoms with Crippen LogP contribution in [0.1, 0.15) is 9.75 Å². The largest absolute Gasteiger partial charge is 0.485 e. The third-order valence-corrected chi connectivity index (χ3v) is 14.4. The van der Waals surface area contributed by atoms with E-state index in [9.17, 15) is 0 Å². The van der Waals surface area contributed by atoms with Gasteiger partial charge in [-0.05, 0) is 13.8 Å². The molecule has 10 rings (SSSR count). The van der Waals surface area contributed by atoms with Gasteiger partial charge in [-0.3, -0.25) is 0 Å². The van der Waals surface area contributed by atoms with Crippen LogP contribution in [0.25, 0.3) is 0 Å². The van der Waals surface area contributed by atoms with Gasteiger partial charge < -0.3 is 37.9 Å². The summed E-state index contributed by atoms with van der Waals surface area (Å²) in [5, 5.41) is 0. The molecule has 0 amide bonds. The van der Waals surface area contributed by atoms with Gasteiger partial charge in [0.05, 0.1) is 27.9 Å². The summed E-state index contributed by atoms with van der Waals surface area (Å²) in [6.45, 7) is 8.95. The number of hydrogen-bond acceptors (Lipinski definition) is 13. The van der Waals surface area contributed by atoms with Gasteiger partial charge in [-0.1, -0.05) is 0 Å². The highest BCUT2D eigenvalue weighted by Gasteiger charge is 2.30. The van der Waals surface area contributed by atoms with Crippen molar-refractivity contribution in [1.82, 2.24) is 0 Å². The van der Waals surface area contributed by atoms with E-state index in [1.165, 1.54) is 0 Å². The second-order valence-corrected chi connectivity index (χ2v) is 16.5. The normalized spacial score (nSPS) is 20.2. The first-order valence-electron chi connectivity index (χ1n) is 15.2. The highest BCUT2D eigenvalue weighted by atomic mass is 32.1. The van der Waals surface area contributed by atoms with E-state index in [1.807, 2.05) is 0 Å². The van der Waals surface area contributed by atoms with E-state index < -0.39 is 0 Å². The van der Waals surface area contributed by atoms with Crippen molar-refractivity contribution in [2.45, 2.75) is 13.8 Å². The summed E-state index contributed by atoms with van der Waals surface area (Å²) in [6, 6.07) is 0. The summed E-state index contributed by atoms with van der Waals surface area (Å²) in [4.78, 5) is 2.14. The van der Waals surface area contributed by atoms with Crippen LogP contribution in [0.4, 0.5) is 0 Å². The van der Waals surface area contributed by atoms with Gasteiger partial charge in [0.25, 0.3) is 13.2 Å². The maximum atomic E-state index is 6.38. The Balaban J connectivity index is 1.38. The summed E-state index contributed by atoms with van der Waals surface area (Å²) in [5.74, 6) is 5.89. The monoisotopic (exact) mass is 730 g/mol. The minimum Gasteiger partial charge on any atom is -0.485 e. The average Bonchev–Trinajstić information content (AvgIpc) is 3.92. The molecule has 0 aliphatic carbocycles. The van der Waals surface area contributed by atoms with E-state index in [2.05, 4.69) is 13.8 Å². The highest BCUT2D eigenvalue weighted by Crippen LogP contribution is 2.48. The quantitative estimate of drug-likeness (QED) is 0.204. The first-order valence-corrected chi connectivity index (χ1v) is 19.3. The lowest BCUT2D eigenvalue weighted by atomic mass is 10.3. The van der Waals surface area contributed by atoms with Crippen molar-refractivity contribution < 1.29 is 37.9 Å². The highest BCUT2D eigenvalue weighted by molar-refractivity contribution is 7.15. The van der Waals surface area contributed by atoms with Crippen molar-refractivity contribution in [2.75, 3.05) is 66.1 Å². The van der Waals surface area contributed by atoms with Crippen LogP contribution in [0.5, 0.6) is 46.0 Å². The Kier molecular flexibility index (Phi) is 6.68. The zero-order chi connectivity index (χ0) is 31.2. The Hall–Kier alpha value is -3.50. The summed E-state index contributed by atoms with van der Waals surface area (Å²) >= 11 is 8.14. The second-order valence-electron chi connectivity index (χ2n) is 11.0. The first-order chi connectivity index (χ1) is 23.2. The maximum absolute atomic E-state index is 6.38. The number of hydrogen-bond donors (Lipinski definition) is 0. The Bertz CT molecular complexity index is 2470. The van der Waals surface area contributed by atoms with Crippen molar-refractivity contribution in [2.24, 2.45) is 0 Å². The van der Waals surface area contributed by atoms with Gasteiger partial charge in [-0.25, -0.2) is 8.85 Å². The molecule has 0 saturated heterocycles. The molecule has 0 aromatic carbocycles. The number of thiophene rings is 5. The van der Waals surface area contributed by atoms with Crippen molar-refractivity contribution in [1.29, 1.82) is 0 Å². The Morgan fingerprint density at radius 1 is 0.340 bits per heavy atom. The van der Waals surface area contributed by atoms with E-state index in [4.69, 9.17) is 46.7 Å². The summed E-state index contributed by atoms with van der Waals surface area (Å²) in [6.07, 6.45) is 0. The van der Waals surface area contributed by atoms with Crippen LogP contribution >= 0.6 is 56.7 Å². The molecule has 10 heterocycles. The molecule has 0 N–H and O–H groups in total. The van der Waals surface area contributed by atoms with Gasteiger partial charge >= 0.3 is 10.9 Å². The van der Waals surface area contributed by atoms with Gasteiger partial charge in [0.1, 0.15) is 48.7 Å². The van der Waals surface area contributed by atoms with Gasteiger partial charge in [0, 0.05) is 0 Å². The zero-order valence-corrected chi connectivity index (χ0v) is 29.3. The minimum atomic E-state index is 0.447. The smallest absolute Gasteiger partial charge is 0.404 e. The fourth-order valence-corrected chi connectivity index (χ4v) is 12.4. The molecule has 10 nitrogen and oxygen atoms in total. The number of aryl methyl sites for hydroxylation is 2. The van der Waals surface area contributed by atoms with Gasteiger partial charge in [-0.15, -0.1) is 56.7 Å². The van der Waals surface area contributed by atoms with Crippen LogP contribution in [0.2, 0.25) is 0 Å². The van der Waals surface area contributed by atoms with E-state index in [0.29, 0.717) is 89.1 Å². The van der Waals surface area contributed by atoms with Crippen molar-refractivity contribution in [3.8, 4) is 46.0 Å². The molecule has 0 saturated carbocycles. The Labute approximate surface area is 284 Å². The summed E-state index contributed by atoms with van der Waals surface area (Å²) in [7, 11) is 0. The van der Waals surface area contributed by atoms with Crippen LogP contribution in [0.15, 0.2) is 8.85 Å². The molecule has 0 spiro atoms. The SMILES string of the molecule is Cc1sc(=c2sc(=c3sc(=c4sc(=c5sc(C)c6c5=[O+]CCO6)c5c4OCCO5)c4c3OCCO4)c3c2OCCO3)c2c1OCC[O+]=2. The van der Waals surface area contributed by atoms with E-state index >= 15 is 0 Å². The average molecular weight is 731 g/mol. The summed E-state index contributed by atoms with van der Waals surface area (Å²) in [5.41, 5.74) is 1.54. The van der Waals surface area contributed by atoms with Crippen LogP contribution in [0, 0.1) is 50.1 Å². The zero-order valence-electron chi connectivity index (χ0n) is 25.2. The molecule has 242 valence electrons. The number of ether oxygens (including phenoxy) is 8. The van der Waals surface area contributed by atoms with Gasteiger partial charge in [-0.2, -0.15) is 0 Å². The fraction of sp³-hybridized carbons (Fsp3) is 0.375. The molecule has 0 radical (unpaired) electrons. The lowest BCUT2D eigenvalue weighted by Crippen LogP contribution is -2.18.